The van der Waals surface area contributed by atoms with Crippen LogP contribution >= 0.6 is 0 Å². The highest BCUT2D eigenvalue weighted by atomic mass is 16.4. The van der Waals surface area contributed by atoms with Crippen LogP contribution in [0.3, 0.4) is 0 Å². The van der Waals surface area contributed by atoms with Gasteiger partial charge in [-0.15, -0.1) is 0 Å². The van der Waals surface area contributed by atoms with Crippen molar-refractivity contribution in [2.45, 2.75) is 43.3 Å². The number of fused-ring (bicyclic) bond motifs is 2. The van der Waals surface area contributed by atoms with Gasteiger partial charge >= 0.3 is 47.8 Å². The van der Waals surface area contributed by atoms with E-state index in [1.54, 1.807) is 48.5 Å². The Morgan fingerprint density at radius 1 is 0.455 bits per heavy atom. The molecule has 4 aromatic carbocycles. The van der Waals surface area contributed by atoms with Gasteiger partial charge < -0.3 is 61.3 Å². The van der Waals surface area contributed by atoms with Gasteiger partial charge in [-0.25, -0.2) is 19.2 Å². The highest BCUT2D eigenvalue weighted by Crippen LogP contribution is 2.38. The zero-order valence-electron chi connectivity index (χ0n) is 27.9. The number of aliphatic hydroxyl groups is 2. The predicted molar refractivity (Wildman–Crippen MR) is 182 cm³/mol. The quantitative estimate of drug-likeness (QED) is 0.0870. The van der Waals surface area contributed by atoms with E-state index >= 15 is 0 Å². The second-order valence-electron chi connectivity index (χ2n) is 11.7. The smallest absolute Gasteiger partial charge is 0.339 e. The lowest BCUT2D eigenvalue weighted by molar-refractivity contribution is -0.170. The van der Waals surface area contributed by atoms with Gasteiger partial charge in [0.1, 0.15) is 22.6 Å². The van der Waals surface area contributed by atoms with Crippen molar-refractivity contribution >= 4 is 69.3 Å². The third-order valence-corrected chi connectivity index (χ3v) is 7.64. The molecule has 0 atom stereocenters. The van der Waals surface area contributed by atoms with Crippen molar-refractivity contribution in [1.29, 1.82) is 0 Å². The van der Waals surface area contributed by atoms with E-state index in [0.29, 0.717) is 32.7 Å². The number of carbonyl (C=O) groups is 8. The monoisotopic (exact) mass is 772 g/mol. The fraction of sp³-hybridized carbons (Fsp3) is 0.200. The first-order valence-electron chi connectivity index (χ1n) is 15.2. The molecule has 0 fully saturated rings. The number of carboxylic acid groups (broad SMARTS) is 8. The summed E-state index contributed by atoms with van der Waals surface area (Å²) < 4.78 is 0. The van der Waals surface area contributed by atoms with Crippen molar-refractivity contribution in [1.82, 2.24) is 0 Å². The summed E-state index contributed by atoms with van der Waals surface area (Å²) in [6.45, 7) is 0. The number of benzene rings is 4. The summed E-state index contributed by atoms with van der Waals surface area (Å²) in [5.74, 6) is -13.4. The molecule has 0 aliphatic heterocycles. The summed E-state index contributed by atoms with van der Waals surface area (Å²) in [5.41, 5.74) is -5.37. The molecule has 0 aromatic heterocycles. The Balaban J connectivity index is 0.000000336. The van der Waals surface area contributed by atoms with Crippen LogP contribution in [0.1, 0.15) is 57.5 Å². The molecule has 0 saturated carbocycles. The van der Waals surface area contributed by atoms with Crippen molar-refractivity contribution in [3.8, 4) is 11.5 Å². The van der Waals surface area contributed by atoms with E-state index in [2.05, 4.69) is 0 Å². The summed E-state index contributed by atoms with van der Waals surface area (Å²) in [4.78, 5) is 84.2. The second kappa shape index (κ2) is 17.9. The lowest BCUT2D eigenvalue weighted by Gasteiger charge is -2.18. The van der Waals surface area contributed by atoms with E-state index < -0.39 is 96.1 Å². The summed E-state index contributed by atoms with van der Waals surface area (Å²) in [6.07, 6.45) is -4.62. The topological polar surface area (TPSA) is 379 Å². The molecule has 12 N–H and O–H groups in total. The molecule has 0 spiro atoms. The van der Waals surface area contributed by atoms with Crippen LogP contribution in [0.15, 0.2) is 60.7 Å². The van der Waals surface area contributed by atoms with Crippen LogP contribution in [0.4, 0.5) is 0 Å². The molecule has 0 radical (unpaired) electrons. The third kappa shape index (κ3) is 11.3. The van der Waals surface area contributed by atoms with Crippen molar-refractivity contribution in [3.05, 3.63) is 82.9 Å². The van der Waals surface area contributed by atoms with E-state index in [-0.39, 0.29) is 17.5 Å². The molecule has 0 heterocycles. The van der Waals surface area contributed by atoms with E-state index in [0.717, 1.165) is 0 Å². The molecule has 0 unspecified atom stereocenters. The van der Waals surface area contributed by atoms with Gasteiger partial charge in [-0.05, 0) is 33.7 Å². The van der Waals surface area contributed by atoms with E-state index in [4.69, 9.17) is 40.9 Å². The van der Waals surface area contributed by atoms with Gasteiger partial charge in [0.15, 0.2) is 11.2 Å². The highest BCUT2D eigenvalue weighted by Gasteiger charge is 2.41. The van der Waals surface area contributed by atoms with Crippen LogP contribution in [0.25, 0.3) is 21.5 Å². The van der Waals surface area contributed by atoms with Crippen LogP contribution in [0.2, 0.25) is 0 Å². The van der Waals surface area contributed by atoms with Gasteiger partial charge in [-0.2, -0.15) is 0 Å². The number of aromatic carboxylic acids is 2. The average molecular weight is 773 g/mol. The van der Waals surface area contributed by atoms with Gasteiger partial charge in [0.2, 0.25) is 0 Å². The minimum atomic E-state index is -2.74. The standard InChI is InChI=1S/C23H16O6.2C6H8O7/c24-20-16(14-7-3-1-5-12(14)9-18(20)22(26)27)11-17-15-8-4-2-6-13(15)10-19(21(17)25)23(28)29;2*7-3(8)1-6(13,5(11)12)2-4(9)10/h1-10,24-25H,11H2,(H,26,27)(H,28,29);2*13H,1-2H2,(H,7,8)(H,9,10)(H,11,12). The van der Waals surface area contributed by atoms with Crippen LogP contribution in [-0.2, 0) is 35.2 Å². The number of phenols is 2. The maximum absolute atomic E-state index is 11.6. The van der Waals surface area contributed by atoms with Crippen molar-refractivity contribution < 1.29 is 99.6 Å². The Morgan fingerprint density at radius 2 is 0.727 bits per heavy atom. The second-order valence-corrected chi connectivity index (χ2v) is 11.7. The normalized spacial score (nSPS) is 10.9. The van der Waals surface area contributed by atoms with Gasteiger partial charge in [-0.3, -0.25) is 19.2 Å². The Kier molecular flexibility index (Phi) is 14.3. The largest absolute Gasteiger partial charge is 0.507 e. The molecule has 4 aromatic rings. The number of hydrogen-bond donors (Lipinski definition) is 12. The zero-order valence-corrected chi connectivity index (χ0v) is 27.9. The molecule has 0 saturated heterocycles. The first-order chi connectivity index (χ1) is 25.4. The van der Waals surface area contributed by atoms with Crippen LogP contribution in [0, 0.1) is 0 Å². The number of carboxylic acids is 8. The maximum Gasteiger partial charge on any atom is 0.339 e. The Bertz CT molecular complexity index is 2000. The van der Waals surface area contributed by atoms with E-state index in [9.17, 15) is 58.8 Å². The minimum absolute atomic E-state index is 0.0407. The van der Waals surface area contributed by atoms with Crippen molar-refractivity contribution in [2.24, 2.45) is 0 Å². The number of aromatic hydroxyl groups is 2. The molecule has 20 heteroatoms. The number of aliphatic carboxylic acids is 6. The Labute approximate surface area is 306 Å². The van der Waals surface area contributed by atoms with E-state index in [1.807, 2.05) is 0 Å². The SMILES string of the molecule is O=C(O)CC(O)(CC(=O)O)C(=O)O.O=C(O)CC(O)(CC(=O)O)C(=O)O.O=C(O)c1cc2ccccc2c(Cc2c(O)c(C(=O)O)cc3ccccc23)c1O. The van der Waals surface area contributed by atoms with Crippen molar-refractivity contribution in [2.75, 3.05) is 0 Å². The third-order valence-electron chi connectivity index (χ3n) is 7.64. The fourth-order valence-corrected chi connectivity index (χ4v) is 5.11. The van der Waals surface area contributed by atoms with Crippen LogP contribution in [0.5, 0.6) is 11.5 Å². The lowest BCUT2D eigenvalue weighted by Crippen LogP contribution is -2.42. The molecule has 0 amide bonds. The Morgan fingerprint density at radius 3 is 0.964 bits per heavy atom. The molecule has 55 heavy (non-hydrogen) atoms. The molecule has 292 valence electrons. The zero-order chi connectivity index (χ0) is 42.0. The van der Waals surface area contributed by atoms with Gasteiger partial charge in [0, 0.05) is 17.5 Å². The average Bonchev–Trinajstić information content (AvgIpc) is 3.05. The van der Waals surface area contributed by atoms with Crippen molar-refractivity contribution in [3.63, 3.8) is 0 Å². The van der Waals surface area contributed by atoms with E-state index in [1.165, 1.54) is 12.1 Å². The highest BCUT2D eigenvalue weighted by molar-refractivity contribution is 6.02. The van der Waals surface area contributed by atoms with Crippen LogP contribution < -0.4 is 0 Å². The maximum atomic E-state index is 11.6. The molecule has 0 aliphatic carbocycles. The van der Waals surface area contributed by atoms with Gasteiger partial charge in [0.05, 0.1) is 25.7 Å². The van der Waals surface area contributed by atoms with Gasteiger partial charge in [0.25, 0.3) is 0 Å². The number of rotatable bonds is 14. The fourth-order valence-electron chi connectivity index (χ4n) is 5.11. The summed E-state index contributed by atoms with van der Waals surface area (Å²) in [6, 6.07) is 16.8. The molecule has 0 bridgehead atoms. The first-order valence-corrected chi connectivity index (χ1v) is 15.2. The Hall–Kier alpha value is -7.32. The first kappa shape index (κ1) is 43.8. The summed E-state index contributed by atoms with van der Waals surface area (Å²) in [5, 5.41) is 110. The molecular weight excluding hydrogens is 740 g/mol. The molecular formula is C35H32O20. The molecule has 0 aliphatic rings. The molecule has 20 nitrogen and oxygen atoms in total. The van der Waals surface area contributed by atoms with Gasteiger partial charge in [-0.1, -0.05) is 48.5 Å². The predicted octanol–water partition coefficient (Wildman–Crippen LogP) is 1.89. The molecule has 4 rings (SSSR count). The van der Waals surface area contributed by atoms with Crippen LogP contribution in [-0.4, -0.2) is 120 Å². The minimum Gasteiger partial charge on any atom is -0.507 e. The lowest BCUT2D eigenvalue weighted by atomic mass is 9.90. The summed E-state index contributed by atoms with van der Waals surface area (Å²) >= 11 is 0. The summed E-state index contributed by atoms with van der Waals surface area (Å²) in [7, 11) is 0. The number of hydrogen-bond acceptors (Lipinski definition) is 12.